The zero-order valence-corrected chi connectivity index (χ0v) is 17.7. The maximum atomic E-state index is 12.1. The Hall–Kier alpha value is -3.03. The molecule has 1 fully saturated rings. The molecule has 31 heavy (non-hydrogen) atoms. The van der Waals surface area contributed by atoms with Crippen LogP contribution in [-0.2, 0) is 22.2 Å². The topological polar surface area (TPSA) is 99.5 Å². The molecule has 1 aliphatic heterocycles. The Bertz CT molecular complexity index is 1230. The van der Waals surface area contributed by atoms with Gasteiger partial charge in [-0.2, -0.15) is 0 Å². The highest BCUT2D eigenvalue weighted by Gasteiger charge is 2.36. The molecule has 0 radical (unpaired) electrons. The molecule has 1 amide bonds. The van der Waals surface area contributed by atoms with Gasteiger partial charge < -0.3 is 10.2 Å². The molecule has 1 aromatic heterocycles. The molecule has 2 aliphatic rings. The van der Waals surface area contributed by atoms with E-state index in [0.717, 1.165) is 33.5 Å². The van der Waals surface area contributed by atoms with Crippen molar-refractivity contribution in [3.63, 3.8) is 0 Å². The van der Waals surface area contributed by atoms with Crippen molar-refractivity contribution in [2.75, 3.05) is 0 Å². The zero-order chi connectivity index (χ0) is 21.7. The van der Waals surface area contributed by atoms with Gasteiger partial charge in [-0.25, -0.2) is 4.21 Å². The van der Waals surface area contributed by atoms with Crippen LogP contribution in [0.25, 0.3) is 11.1 Å². The second kappa shape index (κ2) is 7.59. The first-order valence-electron chi connectivity index (χ1n) is 10.2. The van der Waals surface area contributed by atoms with E-state index in [4.69, 9.17) is 0 Å². The monoisotopic (exact) mass is 434 g/mol. The molecular weight excluding hydrogens is 412 g/mol. The second-order valence-corrected chi connectivity index (χ2v) is 9.46. The number of nitrogens with zero attached hydrogens (tertiary/aromatic N) is 1. The lowest BCUT2D eigenvalue weighted by atomic mass is 9.88. The Labute approximate surface area is 182 Å². The minimum Gasteiger partial charge on any atom is -0.508 e. The number of carbonyl (C=O) groups excluding carboxylic acids is 1. The number of phenolic OH excluding ortho intramolecular Hbond substituents is 1. The molecule has 158 valence electrons. The summed E-state index contributed by atoms with van der Waals surface area (Å²) in [5.41, 5.74) is 6.43. The van der Waals surface area contributed by atoms with Crippen LogP contribution in [0.5, 0.6) is 5.75 Å². The fourth-order valence-corrected chi connectivity index (χ4v) is 5.98. The number of hydrogen-bond donors (Lipinski definition) is 3. The van der Waals surface area contributed by atoms with Crippen LogP contribution in [0.2, 0.25) is 0 Å². The van der Waals surface area contributed by atoms with Crippen LogP contribution in [-0.4, -0.2) is 31.4 Å². The summed E-state index contributed by atoms with van der Waals surface area (Å²) in [7, 11) is -1.55. The largest absolute Gasteiger partial charge is 0.508 e. The lowest BCUT2D eigenvalue weighted by Crippen LogP contribution is -2.15. The van der Waals surface area contributed by atoms with E-state index < -0.39 is 22.3 Å². The number of aromatic hydroxyl groups is 1. The minimum absolute atomic E-state index is 0.00717. The third kappa shape index (κ3) is 3.34. The Kier molecular flexibility index (Phi) is 4.87. The Balaban J connectivity index is 1.54. The molecule has 4 atom stereocenters. The molecule has 3 unspecified atom stereocenters. The standard InChI is InChI=1S/C24H22N2O4S/c1-13-15(6-3-9-25-13)16-4-2-5-17-19(16)11-21(28)24(17)14-7-8-18(20(27)10-14)22-12-23(29)26-31(22)30/h2-10,21-22,24,27-28H,11-12H2,1H3,(H,26,29)/t21-,22?,24?,31?/m1/s1. The van der Waals surface area contributed by atoms with E-state index in [9.17, 15) is 19.2 Å². The average Bonchev–Trinajstić information content (AvgIpc) is 3.25. The van der Waals surface area contributed by atoms with Gasteiger partial charge in [-0.3, -0.25) is 14.5 Å². The lowest BCUT2D eigenvalue weighted by Gasteiger charge is -2.19. The fraction of sp³-hybridized carbons (Fsp3) is 0.250. The first-order valence-corrected chi connectivity index (χ1v) is 11.4. The smallest absolute Gasteiger partial charge is 0.233 e. The molecule has 5 rings (SSSR count). The van der Waals surface area contributed by atoms with Gasteiger partial charge in [0, 0.05) is 41.8 Å². The summed E-state index contributed by atoms with van der Waals surface area (Å²) < 4.78 is 14.5. The van der Waals surface area contributed by atoms with Crippen LogP contribution in [0, 0.1) is 6.92 Å². The van der Waals surface area contributed by atoms with Gasteiger partial charge in [-0.15, -0.1) is 0 Å². The van der Waals surface area contributed by atoms with Gasteiger partial charge >= 0.3 is 0 Å². The van der Waals surface area contributed by atoms with E-state index in [0.29, 0.717) is 12.0 Å². The predicted molar refractivity (Wildman–Crippen MR) is 118 cm³/mol. The lowest BCUT2D eigenvalue weighted by molar-refractivity contribution is -0.118. The van der Waals surface area contributed by atoms with E-state index in [1.165, 1.54) is 0 Å². The van der Waals surface area contributed by atoms with Gasteiger partial charge in [-0.1, -0.05) is 36.4 Å². The molecule has 2 heterocycles. The number of fused-ring (bicyclic) bond motifs is 1. The molecule has 3 N–H and O–H groups in total. The Morgan fingerprint density at radius 2 is 1.87 bits per heavy atom. The van der Waals surface area contributed by atoms with Crippen LogP contribution in [0.3, 0.4) is 0 Å². The van der Waals surface area contributed by atoms with E-state index >= 15 is 0 Å². The summed E-state index contributed by atoms with van der Waals surface area (Å²) in [6.45, 7) is 1.97. The summed E-state index contributed by atoms with van der Waals surface area (Å²) in [6.07, 6.45) is 1.74. The van der Waals surface area contributed by atoms with Crippen LogP contribution >= 0.6 is 0 Å². The SMILES string of the molecule is Cc1ncccc1-c1cccc2c1C[C@@H](O)C2c1ccc(C2CC(=O)NS2=O)c(O)c1. The van der Waals surface area contributed by atoms with Crippen molar-refractivity contribution in [1.29, 1.82) is 0 Å². The van der Waals surface area contributed by atoms with Gasteiger partial charge in [0.05, 0.1) is 11.4 Å². The number of amides is 1. The number of pyridine rings is 1. The quantitative estimate of drug-likeness (QED) is 0.588. The first-order chi connectivity index (χ1) is 14.9. The number of carbonyl (C=O) groups is 1. The van der Waals surface area contributed by atoms with Gasteiger partial charge in [0.2, 0.25) is 5.91 Å². The summed E-state index contributed by atoms with van der Waals surface area (Å²) in [6, 6.07) is 15.2. The number of nitrogens with one attached hydrogen (secondary N) is 1. The molecule has 6 nitrogen and oxygen atoms in total. The van der Waals surface area contributed by atoms with E-state index in [1.54, 1.807) is 18.3 Å². The van der Waals surface area contributed by atoms with Gasteiger partial charge in [-0.05, 0) is 41.3 Å². The third-order valence-corrected chi connectivity index (χ3v) is 7.61. The number of hydrogen-bond acceptors (Lipinski definition) is 5. The van der Waals surface area contributed by atoms with Crippen LogP contribution in [0.1, 0.15) is 45.5 Å². The highest BCUT2D eigenvalue weighted by atomic mass is 32.2. The van der Waals surface area contributed by atoms with Crippen molar-refractivity contribution in [3.05, 3.63) is 82.7 Å². The average molecular weight is 435 g/mol. The molecule has 7 heteroatoms. The van der Waals surface area contributed by atoms with E-state index in [2.05, 4.69) is 15.8 Å². The molecular formula is C24H22N2O4S. The molecule has 0 saturated carbocycles. The molecule has 3 aromatic rings. The van der Waals surface area contributed by atoms with Crippen molar-refractivity contribution >= 4 is 16.9 Å². The molecule has 1 aliphatic carbocycles. The fourth-order valence-electron chi connectivity index (χ4n) is 4.80. The molecule has 0 spiro atoms. The van der Waals surface area contributed by atoms with Gasteiger partial charge in [0.25, 0.3) is 0 Å². The molecule has 0 bridgehead atoms. The van der Waals surface area contributed by atoms with Crippen molar-refractivity contribution in [3.8, 4) is 16.9 Å². The number of aryl methyl sites for hydroxylation is 1. The van der Waals surface area contributed by atoms with E-state index in [-0.39, 0.29) is 24.0 Å². The zero-order valence-electron chi connectivity index (χ0n) is 16.9. The summed E-state index contributed by atoms with van der Waals surface area (Å²) in [5, 5.41) is 21.0. The first kappa shape index (κ1) is 19.9. The van der Waals surface area contributed by atoms with Crippen molar-refractivity contribution in [2.24, 2.45) is 0 Å². The number of benzene rings is 2. The normalized spacial score (nSPS) is 24.8. The number of aliphatic hydroxyl groups is 1. The number of aliphatic hydroxyl groups excluding tert-OH is 1. The predicted octanol–water partition coefficient (Wildman–Crippen LogP) is 3.04. The maximum absolute atomic E-state index is 12.1. The second-order valence-electron chi connectivity index (χ2n) is 8.09. The Morgan fingerprint density at radius 3 is 2.58 bits per heavy atom. The minimum atomic E-state index is -1.55. The van der Waals surface area contributed by atoms with Gasteiger partial charge in [0.1, 0.15) is 16.7 Å². The van der Waals surface area contributed by atoms with Crippen molar-refractivity contribution < 1.29 is 19.2 Å². The summed E-state index contributed by atoms with van der Waals surface area (Å²) in [5.74, 6) is -0.571. The Morgan fingerprint density at radius 1 is 1.06 bits per heavy atom. The van der Waals surface area contributed by atoms with Crippen molar-refractivity contribution in [2.45, 2.75) is 37.0 Å². The summed E-state index contributed by atoms with van der Waals surface area (Å²) >= 11 is 0. The highest BCUT2D eigenvalue weighted by Crippen LogP contribution is 2.44. The van der Waals surface area contributed by atoms with Crippen LogP contribution in [0.4, 0.5) is 0 Å². The van der Waals surface area contributed by atoms with Crippen LogP contribution in [0.15, 0.2) is 54.7 Å². The molecule has 1 saturated heterocycles. The maximum Gasteiger partial charge on any atom is 0.233 e. The summed E-state index contributed by atoms with van der Waals surface area (Å²) in [4.78, 5) is 16.0. The van der Waals surface area contributed by atoms with Gasteiger partial charge in [0.15, 0.2) is 0 Å². The third-order valence-electron chi connectivity index (χ3n) is 6.25. The molecule has 2 aromatic carbocycles. The number of phenols is 1. The van der Waals surface area contributed by atoms with Crippen LogP contribution < -0.4 is 4.72 Å². The number of aromatic nitrogens is 1. The van der Waals surface area contributed by atoms with E-state index in [1.807, 2.05) is 37.3 Å². The number of rotatable bonds is 3. The highest BCUT2D eigenvalue weighted by molar-refractivity contribution is 7.84. The van der Waals surface area contributed by atoms with Crippen molar-refractivity contribution in [1.82, 2.24) is 9.71 Å².